The van der Waals surface area contributed by atoms with Gasteiger partial charge in [-0.2, -0.15) is 0 Å². The molecule has 0 aromatic heterocycles. The minimum atomic E-state index is -0.470. The number of non-ortho nitro benzene ring substituents is 1. The zero-order valence-corrected chi connectivity index (χ0v) is 11.8. The number of nitrogens with two attached hydrogens (primary N) is 1. The van der Waals surface area contributed by atoms with E-state index in [1.54, 1.807) is 6.07 Å². The zero-order chi connectivity index (χ0) is 14.0. The summed E-state index contributed by atoms with van der Waals surface area (Å²) in [7, 11) is 0. The fourth-order valence-electron chi connectivity index (χ4n) is 1.60. The van der Waals surface area contributed by atoms with Gasteiger partial charge >= 0.3 is 0 Å². The molecule has 2 rings (SSSR count). The minimum Gasteiger partial charge on any atom is -0.397 e. The molecule has 5 nitrogen and oxygen atoms in total. The van der Waals surface area contributed by atoms with Crippen molar-refractivity contribution in [1.29, 1.82) is 0 Å². The average Bonchev–Trinajstić information content (AvgIpc) is 2.36. The van der Waals surface area contributed by atoms with Crippen LogP contribution in [0.1, 0.15) is 5.56 Å². The van der Waals surface area contributed by atoms with Gasteiger partial charge in [0, 0.05) is 22.3 Å². The minimum absolute atomic E-state index is 0.0202. The monoisotopic (exact) mass is 321 g/mol. The molecule has 19 heavy (non-hydrogen) atoms. The number of rotatable bonds is 3. The van der Waals surface area contributed by atoms with Gasteiger partial charge in [0.2, 0.25) is 0 Å². The molecule has 0 saturated heterocycles. The standard InChI is InChI=1S/C13H12BrN3O2/c1-8-2-3-9(6-11(8)14)16-13-5-4-10(17(18)19)7-12(13)15/h2-7,16H,15H2,1H3. The van der Waals surface area contributed by atoms with E-state index in [1.165, 1.54) is 12.1 Å². The molecule has 0 unspecified atom stereocenters. The van der Waals surface area contributed by atoms with Crippen molar-refractivity contribution >= 4 is 38.7 Å². The summed E-state index contributed by atoms with van der Waals surface area (Å²) in [5.41, 5.74) is 8.74. The van der Waals surface area contributed by atoms with Gasteiger partial charge in [-0.25, -0.2) is 0 Å². The number of nitrogens with zero attached hydrogens (tertiary/aromatic N) is 1. The van der Waals surface area contributed by atoms with Gasteiger partial charge in [0.25, 0.3) is 5.69 Å². The van der Waals surface area contributed by atoms with E-state index in [0.717, 1.165) is 15.7 Å². The Morgan fingerprint density at radius 3 is 2.58 bits per heavy atom. The summed E-state index contributed by atoms with van der Waals surface area (Å²) < 4.78 is 0.984. The summed E-state index contributed by atoms with van der Waals surface area (Å²) in [5, 5.41) is 13.8. The van der Waals surface area contributed by atoms with Crippen LogP contribution in [0, 0.1) is 17.0 Å². The second kappa shape index (κ2) is 5.27. The van der Waals surface area contributed by atoms with Crippen LogP contribution >= 0.6 is 15.9 Å². The zero-order valence-electron chi connectivity index (χ0n) is 10.2. The van der Waals surface area contributed by atoms with Gasteiger partial charge in [0.05, 0.1) is 16.3 Å². The van der Waals surface area contributed by atoms with Gasteiger partial charge < -0.3 is 11.1 Å². The van der Waals surface area contributed by atoms with Crippen molar-refractivity contribution in [3.63, 3.8) is 0 Å². The summed E-state index contributed by atoms with van der Waals surface area (Å²) >= 11 is 3.45. The quantitative estimate of drug-likeness (QED) is 0.508. The molecule has 0 heterocycles. The Morgan fingerprint density at radius 2 is 2.00 bits per heavy atom. The van der Waals surface area contributed by atoms with Gasteiger partial charge in [-0.1, -0.05) is 22.0 Å². The lowest BCUT2D eigenvalue weighted by molar-refractivity contribution is -0.384. The topological polar surface area (TPSA) is 81.2 Å². The molecule has 0 spiro atoms. The number of nitrogens with one attached hydrogen (secondary N) is 1. The smallest absolute Gasteiger partial charge is 0.271 e. The van der Waals surface area contributed by atoms with Gasteiger partial charge in [-0.3, -0.25) is 10.1 Å². The average molecular weight is 322 g/mol. The number of hydrogen-bond acceptors (Lipinski definition) is 4. The van der Waals surface area contributed by atoms with Crippen molar-refractivity contribution in [2.75, 3.05) is 11.1 Å². The van der Waals surface area contributed by atoms with Crippen molar-refractivity contribution in [3.05, 3.63) is 56.5 Å². The number of benzene rings is 2. The summed E-state index contributed by atoms with van der Waals surface area (Å²) in [6.07, 6.45) is 0. The highest BCUT2D eigenvalue weighted by Gasteiger charge is 2.09. The molecular formula is C13H12BrN3O2. The lowest BCUT2D eigenvalue weighted by Gasteiger charge is -2.10. The molecule has 0 aliphatic carbocycles. The van der Waals surface area contributed by atoms with Crippen molar-refractivity contribution in [3.8, 4) is 0 Å². The van der Waals surface area contributed by atoms with Crippen molar-refractivity contribution in [1.82, 2.24) is 0 Å². The van der Waals surface area contributed by atoms with E-state index >= 15 is 0 Å². The van der Waals surface area contributed by atoms with E-state index < -0.39 is 4.92 Å². The first-order valence-corrected chi connectivity index (χ1v) is 6.34. The van der Waals surface area contributed by atoms with Crippen LogP contribution in [0.4, 0.5) is 22.7 Å². The number of nitrogen functional groups attached to an aromatic ring is 1. The number of nitro benzene ring substituents is 1. The molecule has 0 fully saturated rings. The third kappa shape index (κ3) is 3.03. The lowest BCUT2D eigenvalue weighted by Crippen LogP contribution is -1.98. The lowest BCUT2D eigenvalue weighted by atomic mass is 10.2. The Bertz CT molecular complexity index is 644. The van der Waals surface area contributed by atoms with Gasteiger partial charge in [-0.15, -0.1) is 0 Å². The van der Waals surface area contributed by atoms with E-state index in [0.29, 0.717) is 11.4 Å². The van der Waals surface area contributed by atoms with E-state index in [4.69, 9.17) is 5.73 Å². The Balaban J connectivity index is 2.28. The summed E-state index contributed by atoms with van der Waals surface area (Å²) in [6, 6.07) is 10.2. The number of halogens is 1. The number of nitro groups is 1. The van der Waals surface area contributed by atoms with Crippen LogP contribution in [-0.4, -0.2) is 4.92 Å². The van der Waals surface area contributed by atoms with Crippen LogP contribution in [0.2, 0.25) is 0 Å². The fraction of sp³-hybridized carbons (Fsp3) is 0.0769. The maximum absolute atomic E-state index is 10.6. The van der Waals surface area contributed by atoms with Crippen LogP contribution in [0.25, 0.3) is 0 Å². The molecular weight excluding hydrogens is 310 g/mol. The summed E-state index contributed by atoms with van der Waals surface area (Å²) in [4.78, 5) is 10.2. The molecule has 3 N–H and O–H groups in total. The Labute approximate surface area is 118 Å². The molecule has 0 aliphatic rings. The molecule has 2 aromatic rings. The van der Waals surface area contributed by atoms with Gasteiger partial charge in [0.1, 0.15) is 0 Å². The Hall–Kier alpha value is -2.08. The van der Waals surface area contributed by atoms with Crippen molar-refractivity contribution in [2.45, 2.75) is 6.92 Å². The van der Waals surface area contributed by atoms with E-state index in [9.17, 15) is 10.1 Å². The third-order valence-electron chi connectivity index (χ3n) is 2.70. The highest BCUT2D eigenvalue weighted by atomic mass is 79.9. The predicted octanol–water partition coefficient (Wildman–Crippen LogP) is 3.99. The van der Waals surface area contributed by atoms with Crippen molar-refractivity contribution < 1.29 is 4.92 Å². The molecule has 0 aliphatic heterocycles. The first kappa shape index (κ1) is 13.4. The van der Waals surface area contributed by atoms with E-state index in [2.05, 4.69) is 21.2 Å². The second-order valence-electron chi connectivity index (χ2n) is 4.12. The molecule has 2 aromatic carbocycles. The first-order valence-electron chi connectivity index (χ1n) is 5.54. The largest absolute Gasteiger partial charge is 0.397 e. The highest BCUT2D eigenvalue weighted by molar-refractivity contribution is 9.10. The van der Waals surface area contributed by atoms with Crippen LogP contribution in [0.3, 0.4) is 0 Å². The molecule has 0 radical (unpaired) electrons. The third-order valence-corrected chi connectivity index (χ3v) is 3.55. The molecule has 0 bridgehead atoms. The maximum Gasteiger partial charge on any atom is 0.271 e. The second-order valence-corrected chi connectivity index (χ2v) is 4.97. The first-order chi connectivity index (χ1) is 8.97. The van der Waals surface area contributed by atoms with Crippen LogP contribution in [0.15, 0.2) is 40.9 Å². The predicted molar refractivity (Wildman–Crippen MR) is 79.7 cm³/mol. The van der Waals surface area contributed by atoms with E-state index in [1.807, 2.05) is 25.1 Å². The summed E-state index contributed by atoms with van der Waals surface area (Å²) in [6.45, 7) is 1.99. The molecule has 0 amide bonds. The number of anilines is 3. The number of hydrogen-bond donors (Lipinski definition) is 2. The molecule has 98 valence electrons. The fourth-order valence-corrected chi connectivity index (χ4v) is 1.98. The Morgan fingerprint density at radius 1 is 1.26 bits per heavy atom. The molecule has 0 saturated carbocycles. The normalized spacial score (nSPS) is 10.2. The highest BCUT2D eigenvalue weighted by Crippen LogP contribution is 2.29. The van der Waals surface area contributed by atoms with Crippen LogP contribution in [-0.2, 0) is 0 Å². The summed E-state index contributed by atoms with van der Waals surface area (Å²) in [5.74, 6) is 0. The van der Waals surface area contributed by atoms with E-state index in [-0.39, 0.29) is 5.69 Å². The maximum atomic E-state index is 10.6. The Kier molecular flexibility index (Phi) is 3.71. The van der Waals surface area contributed by atoms with Gasteiger partial charge in [-0.05, 0) is 30.7 Å². The SMILES string of the molecule is Cc1ccc(Nc2ccc([N+](=O)[O-])cc2N)cc1Br. The van der Waals surface area contributed by atoms with Gasteiger partial charge in [0.15, 0.2) is 0 Å². The molecule has 6 heteroatoms. The van der Waals surface area contributed by atoms with Crippen LogP contribution < -0.4 is 11.1 Å². The van der Waals surface area contributed by atoms with Crippen LogP contribution in [0.5, 0.6) is 0 Å². The molecule has 0 atom stereocenters. The van der Waals surface area contributed by atoms with Crippen molar-refractivity contribution in [2.24, 2.45) is 0 Å². The number of aryl methyl sites for hydroxylation is 1.